The number of hydrazone groups is 1. The summed E-state index contributed by atoms with van der Waals surface area (Å²) < 4.78 is 10.7. The Morgan fingerprint density at radius 3 is 2.48 bits per heavy atom. The molecule has 3 aromatic rings. The Bertz CT molecular complexity index is 956. The molecule has 0 aliphatic heterocycles. The standard InChI is InChI=1S/C21H23N3O2S/c1-13-9-14(2)19(15(3)10-13)17-12-27-21(23-17)24-22-11-16-7-6-8-18(25-4)20(16)26-5/h6-12H,1-5H3,(H,23,24)/b22-11-. The van der Waals surface area contributed by atoms with Gasteiger partial charge in [0.15, 0.2) is 11.5 Å². The van der Waals surface area contributed by atoms with Gasteiger partial charge in [0.1, 0.15) is 0 Å². The maximum atomic E-state index is 5.41. The lowest BCUT2D eigenvalue weighted by molar-refractivity contribution is 0.354. The quantitative estimate of drug-likeness (QED) is 0.471. The lowest BCUT2D eigenvalue weighted by atomic mass is 9.98. The number of aromatic nitrogens is 1. The van der Waals surface area contributed by atoms with Gasteiger partial charge in [-0.1, -0.05) is 23.8 Å². The smallest absolute Gasteiger partial charge is 0.203 e. The molecule has 0 fully saturated rings. The van der Waals surface area contributed by atoms with Gasteiger partial charge in [-0.25, -0.2) is 4.98 Å². The van der Waals surface area contributed by atoms with Gasteiger partial charge >= 0.3 is 0 Å². The van der Waals surface area contributed by atoms with Crippen LogP contribution in [-0.4, -0.2) is 25.4 Å². The minimum Gasteiger partial charge on any atom is -0.493 e. The third-order valence-electron chi connectivity index (χ3n) is 4.23. The highest BCUT2D eigenvalue weighted by molar-refractivity contribution is 7.14. The van der Waals surface area contributed by atoms with Crippen molar-refractivity contribution >= 4 is 22.7 Å². The first-order valence-electron chi connectivity index (χ1n) is 8.57. The summed E-state index contributed by atoms with van der Waals surface area (Å²) in [7, 11) is 3.23. The molecule has 0 radical (unpaired) electrons. The molecule has 2 aromatic carbocycles. The molecule has 1 aromatic heterocycles. The fourth-order valence-corrected chi connectivity index (χ4v) is 3.84. The Balaban J connectivity index is 1.79. The molecule has 0 atom stereocenters. The fourth-order valence-electron chi connectivity index (χ4n) is 3.19. The zero-order chi connectivity index (χ0) is 19.4. The van der Waals surface area contributed by atoms with Crippen LogP contribution in [0.5, 0.6) is 11.5 Å². The molecule has 5 nitrogen and oxygen atoms in total. The van der Waals surface area contributed by atoms with E-state index in [-0.39, 0.29) is 0 Å². The van der Waals surface area contributed by atoms with Gasteiger partial charge in [-0.2, -0.15) is 5.10 Å². The van der Waals surface area contributed by atoms with Crippen LogP contribution in [0.2, 0.25) is 0 Å². The summed E-state index contributed by atoms with van der Waals surface area (Å²) in [6.45, 7) is 6.35. The number of anilines is 1. The first-order valence-corrected chi connectivity index (χ1v) is 9.45. The number of methoxy groups -OCH3 is 2. The number of nitrogens with one attached hydrogen (secondary N) is 1. The lowest BCUT2D eigenvalue weighted by Gasteiger charge is -2.09. The molecule has 3 rings (SSSR count). The van der Waals surface area contributed by atoms with Gasteiger partial charge in [0.25, 0.3) is 0 Å². The predicted molar refractivity (Wildman–Crippen MR) is 113 cm³/mol. The van der Waals surface area contributed by atoms with Crippen molar-refractivity contribution in [2.45, 2.75) is 20.8 Å². The van der Waals surface area contributed by atoms with E-state index in [1.54, 1.807) is 20.4 Å². The molecular weight excluding hydrogens is 358 g/mol. The van der Waals surface area contributed by atoms with E-state index < -0.39 is 0 Å². The monoisotopic (exact) mass is 381 g/mol. The van der Waals surface area contributed by atoms with E-state index in [0.29, 0.717) is 11.5 Å². The summed E-state index contributed by atoms with van der Waals surface area (Å²) in [6.07, 6.45) is 1.70. The minimum absolute atomic E-state index is 0.649. The van der Waals surface area contributed by atoms with Gasteiger partial charge in [-0.15, -0.1) is 11.3 Å². The molecule has 0 aliphatic rings. The van der Waals surface area contributed by atoms with Crippen LogP contribution < -0.4 is 14.9 Å². The molecular formula is C21H23N3O2S. The fraction of sp³-hybridized carbons (Fsp3) is 0.238. The highest BCUT2D eigenvalue weighted by Crippen LogP contribution is 2.31. The Hall–Kier alpha value is -2.86. The molecule has 1 N–H and O–H groups in total. The van der Waals surface area contributed by atoms with Gasteiger partial charge in [0, 0.05) is 16.5 Å². The van der Waals surface area contributed by atoms with Crippen molar-refractivity contribution in [1.82, 2.24) is 4.98 Å². The van der Waals surface area contributed by atoms with Crippen LogP contribution in [0.4, 0.5) is 5.13 Å². The summed E-state index contributed by atoms with van der Waals surface area (Å²) in [4.78, 5) is 4.68. The SMILES string of the molecule is COc1cccc(/C=N\Nc2nc(-c3c(C)cc(C)cc3C)cs2)c1OC. The normalized spacial score (nSPS) is 11.0. The number of benzene rings is 2. The molecule has 140 valence electrons. The van der Waals surface area contributed by atoms with Crippen LogP contribution in [0, 0.1) is 20.8 Å². The van der Waals surface area contributed by atoms with E-state index in [2.05, 4.69) is 53.8 Å². The van der Waals surface area contributed by atoms with Gasteiger partial charge in [-0.3, -0.25) is 5.43 Å². The molecule has 0 saturated carbocycles. The van der Waals surface area contributed by atoms with Gasteiger partial charge in [0.05, 0.1) is 26.1 Å². The summed E-state index contributed by atoms with van der Waals surface area (Å²) in [5, 5.41) is 7.09. The Kier molecular flexibility index (Phi) is 5.76. The van der Waals surface area contributed by atoms with Crippen molar-refractivity contribution in [2.24, 2.45) is 5.10 Å². The molecule has 0 spiro atoms. The summed E-state index contributed by atoms with van der Waals surface area (Å²) in [5.74, 6) is 1.32. The number of nitrogens with zero attached hydrogens (tertiary/aromatic N) is 2. The third-order valence-corrected chi connectivity index (χ3v) is 4.98. The van der Waals surface area contributed by atoms with E-state index in [0.717, 1.165) is 16.4 Å². The second-order valence-electron chi connectivity index (χ2n) is 6.26. The highest BCUT2D eigenvalue weighted by atomic mass is 32.1. The average molecular weight is 382 g/mol. The Morgan fingerprint density at radius 1 is 1.07 bits per heavy atom. The first-order chi connectivity index (χ1) is 13.0. The van der Waals surface area contributed by atoms with Crippen LogP contribution in [0.25, 0.3) is 11.3 Å². The van der Waals surface area contributed by atoms with E-state index in [1.807, 2.05) is 18.2 Å². The molecule has 0 bridgehead atoms. The maximum absolute atomic E-state index is 5.41. The van der Waals surface area contributed by atoms with E-state index >= 15 is 0 Å². The van der Waals surface area contributed by atoms with Crippen molar-refractivity contribution < 1.29 is 9.47 Å². The van der Waals surface area contributed by atoms with Gasteiger partial charge < -0.3 is 9.47 Å². The van der Waals surface area contributed by atoms with Gasteiger partial charge in [0.2, 0.25) is 5.13 Å². The van der Waals surface area contributed by atoms with Crippen molar-refractivity contribution in [3.63, 3.8) is 0 Å². The third kappa shape index (κ3) is 4.11. The summed E-state index contributed by atoms with van der Waals surface area (Å²) in [5.41, 5.74) is 9.70. The van der Waals surface area contributed by atoms with Crippen molar-refractivity contribution in [1.29, 1.82) is 0 Å². The first kappa shape index (κ1) is 18.9. The van der Waals surface area contributed by atoms with Crippen LogP contribution in [0.15, 0.2) is 40.8 Å². The summed E-state index contributed by atoms with van der Waals surface area (Å²) in [6, 6.07) is 10.0. The maximum Gasteiger partial charge on any atom is 0.203 e. The van der Waals surface area contributed by atoms with Crippen LogP contribution in [0.1, 0.15) is 22.3 Å². The zero-order valence-corrected chi connectivity index (χ0v) is 17.0. The van der Waals surface area contributed by atoms with Gasteiger partial charge in [-0.05, 0) is 44.0 Å². The molecule has 1 heterocycles. The zero-order valence-electron chi connectivity index (χ0n) is 16.2. The van der Waals surface area contributed by atoms with E-state index in [1.165, 1.54) is 33.6 Å². The number of para-hydroxylation sites is 1. The van der Waals surface area contributed by atoms with Crippen molar-refractivity contribution in [2.75, 3.05) is 19.6 Å². The van der Waals surface area contributed by atoms with Crippen LogP contribution in [-0.2, 0) is 0 Å². The molecule has 0 unspecified atom stereocenters. The molecule has 6 heteroatoms. The Labute approximate surface area is 163 Å². The second-order valence-corrected chi connectivity index (χ2v) is 7.12. The van der Waals surface area contributed by atoms with Crippen molar-refractivity contribution in [3.05, 3.63) is 58.0 Å². The molecule has 27 heavy (non-hydrogen) atoms. The number of ether oxygens (including phenoxy) is 2. The predicted octanol–water partition coefficient (Wildman–Crippen LogP) is 5.20. The lowest BCUT2D eigenvalue weighted by Crippen LogP contribution is -1.97. The Morgan fingerprint density at radius 2 is 1.81 bits per heavy atom. The number of rotatable bonds is 6. The molecule has 0 amide bonds. The van der Waals surface area contributed by atoms with E-state index in [4.69, 9.17) is 9.47 Å². The highest BCUT2D eigenvalue weighted by Gasteiger charge is 2.11. The average Bonchev–Trinajstić information content (AvgIpc) is 3.08. The largest absolute Gasteiger partial charge is 0.493 e. The van der Waals surface area contributed by atoms with Crippen molar-refractivity contribution in [3.8, 4) is 22.8 Å². The number of aryl methyl sites for hydroxylation is 3. The second kappa shape index (κ2) is 8.22. The van der Waals surface area contributed by atoms with E-state index in [9.17, 15) is 0 Å². The molecule has 0 aliphatic carbocycles. The molecule has 0 saturated heterocycles. The summed E-state index contributed by atoms with van der Waals surface area (Å²) >= 11 is 1.53. The number of hydrogen-bond acceptors (Lipinski definition) is 6. The topological polar surface area (TPSA) is 55.7 Å². The van der Waals surface area contributed by atoms with Crippen LogP contribution in [0.3, 0.4) is 0 Å². The number of thiazole rings is 1. The number of hydrogen-bond donors (Lipinski definition) is 1. The van der Waals surface area contributed by atoms with Crippen LogP contribution >= 0.6 is 11.3 Å². The minimum atomic E-state index is 0.649.